The van der Waals surface area contributed by atoms with Crippen LogP contribution in [0.1, 0.15) is 31.1 Å². The summed E-state index contributed by atoms with van der Waals surface area (Å²) in [7, 11) is -1.27. The predicted molar refractivity (Wildman–Crippen MR) is 165 cm³/mol. The number of halogens is 1. The molecule has 1 aliphatic rings. The fraction of sp³-hybridized carbons (Fsp3) is 0.500. The molecule has 0 spiro atoms. The van der Waals surface area contributed by atoms with E-state index in [1.54, 1.807) is 27.9 Å². The number of fused-ring (bicyclic) bond motifs is 2. The number of ether oxygens (including phenoxy) is 2. The van der Waals surface area contributed by atoms with E-state index in [1.165, 1.54) is 16.8 Å². The number of amides is 2. The molecule has 0 radical (unpaired) electrons. The highest BCUT2D eigenvalue weighted by atomic mass is 28.3. The second-order valence-electron chi connectivity index (χ2n) is 13.2. The van der Waals surface area contributed by atoms with E-state index < -0.39 is 19.4 Å². The van der Waals surface area contributed by atoms with Crippen LogP contribution >= 0.6 is 0 Å². The van der Waals surface area contributed by atoms with Crippen LogP contribution in [-0.2, 0) is 27.5 Å². The lowest BCUT2D eigenvalue weighted by molar-refractivity contribution is -0.136. The van der Waals surface area contributed by atoms with Gasteiger partial charge in [-0.2, -0.15) is 5.10 Å². The lowest BCUT2D eigenvalue weighted by Gasteiger charge is -2.26. The Morgan fingerprint density at radius 2 is 1.91 bits per heavy atom. The van der Waals surface area contributed by atoms with Crippen molar-refractivity contribution >= 4 is 42.0 Å². The minimum absolute atomic E-state index is 0.0556. The van der Waals surface area contributed by atoms with Crippen molar-refractivity contribution in [1.82, 2.24) is 34.5 Å². The lowest BCUT2D eigenvalue weighted by Crippen LogP contribution is -2.42. The van der Waals surface area contributed by atoms with Crippen LogP contribution in [0.15, 0.2) is 30.6 Å². The van der Waals surface area contributed by atoms with Crippen molar-refractivity contribution < 1.29 is 23.5 Å². The molecule has 1 N–H and O–H groups in total. The van der Waals surface area contributed by atoms with Crippen molar-refractivity contribution in [2.75, 3.05) is 32.9 Å². The Bertz CT molecular complexity index is 1650. The molecule has 43 heavy (non-hydrogen) atoms. The van der Waals surface area contributed by atoms with E-state index in [1.807, 2.05) is 20.8 Å². The zero-order chi connectivity index (χ0) is 30.9. The third kappa shape index (κ3) is 7.28. The number of aromatic nitrogens is 5. The van der Waals surface area contributed by atoms with Crippen LogP contribution in [0.3, 0.4) is 0 Å². The highest BCUT2D eigenvalue weighted by Crippen LogP contribution is 2.30. The highest BCUT2D eigenvalue weighted by molar-refractivity contribution is 6.76. The number of carbonyl (C=O) groups excluding carboxylic acids is 2. The molecule has 0 atom stereocenters. The Hall–Kier alpha value is -3.68. The molecule has 13 heteroatoms. The summed E-state index contributed by atoms with van der Waals surface area (Å²) < 4.78 is 29.0. The Balaban J connectivity index is 1.53. The van der Waals surface area contributed by atoms with Crippen LogP contribution in [0.5, 0.6) is 0 Å². The molecule has 1 aliphatic heterocycles. The van der Waals surface area contributed by atoms with Gasteiger partial charge in [0.25, 0.3) is 5.91 Å². The molecular formula is C30H40FN7O4Si. The van der Waals surface area contributed by atoms with Gasteiger partial charge in [0.05, 0.1) is 30.5 Å². The number of hydrogen-bond acceptors (Lipinski definition) is 7. The molecule has 11 nitrogen and oxygen atoms in total. The Morgan fingerprint density at radius 3 is 2.60 bits per heavy atom. The average molecular weight is 610 g/mol. The fourth-order valence-corrected chi connectivity index (χ4v) is 5.63. The first-order valence-electron chi connectivity index (χ1n) is 14.6. The van der Waals surface area contributed by atoms with Gasteiger partial charge in [0, 0.05) is 44.9 Å². The molecule has 0 bridgehead atoms. The second kappa shape index (κ2) is 12.1. The smallest absolute Gasteiger partial charge is 0.255 e. The molecule has 0 aliphatic carbocycles. The Labute approximate surface area is 251 Å². The summed E-state index contributed by atoms with van der Waals surface area (Å²) in [6, 6.07) is 5.36. The first-order valence-corrected chi connectivity index (χ1v) is 18.3. The summed E-state index contributed by atoms with van der Waals surface area (Å²) in [6.07, 6.45) is 3.31. The van der Waals surface area contributed by atoms with Crippen molar-refractivity contribution in [3.63, 3.8) is 0 Å². The third-order valence-corrected chi connectivity index (χ3v) is 8.83. The average Bonchev–Trinajstić information content (AvgIpc) is 3.48. The minimum atomic E-state index is -1.27. The first-order chi connectivity index (χ1) is 20.3. The topological polar surface area (TPSA) is 116 Å². The molecule has 4 aromatic rings. The van der Waals surface area contributed by atoms with Crippen LogP contribution in [-0.4, -0.2) is 87.6 Å². The monoisotopic (exact) mass is 609 g/mol. The molecule has 3 aromatic heterocycles. The van der Waals surface area contributed by atoms with Crippen molar-refractivity contribution in [2.24, 2.45) is 0 Å². The van der Waals surface area contributed by atoms with Crippen LogP contribution in [0, 0.1) is 5.82 Å². The van der Waals surface area contributed by atoms with Crippen molar-refractivity contribution in [3.8, 4) is 11.4 Å². The number of carbonyl (C=O) groups is 2. The normalized spacial score (nSPS) is 14.5. The maximum atomic E-state index is 14.4. The molecule has 230 valence electrons. The van der Waals surface area contributed by atoms with Crippen LogP contribution < -0.4 is 5.32 Å². The van der Waals surface area contributed by atoms with Crippen LogP contribution in [0.2, 0.25) is 25.7 Å². The zero-order valence-electron chi connectivity index (χ0n) is 25.7. The SMILES string of the molecule is CC(C)(C)NC(=O)c1cn(COCC[Si](C)(C)C)c2ncc(-c3nn(CC(=O)N4CCOCC4)c4cc(F)ccc34)nc12. The third-order valence-electron chi connectivity index (χ3n) is 7.13. The van der Waals surface area contributed by atoms with Gasteiger partial charge < -0.3 is 24.3 Å². The van der Waals surface area contributed by atoms with Crippen molar-refractivity contribution in [3.05, 3.63) is 42.0 Å². The van der Waals surface area contributed by atoms with Gasteiger partial charge in [-0.25, -0.2) is 14.4 Å². The Kier molecular flexibility index (Phi) is 8.68. The van der Waals surface area contributed by atoms with E-state index in [9.17, 15) is 14.0 Å². The first kappa shape index (κ1) is 30.8. The highest BCUT2D eigenvalue weighted by Gasteiger charge is 2.25. The van der Waals surface area contributed by atoms with E-state index in [0.29, 0.717) is 71.9 Å². The zero-order valence-corrected chi connectivity index (χ0v) is 26.7. The van der Waals surface area contributed by atoms with Gasteiger partial charge in [-0.05, 0) is 45.0 Å². The van der Waals surface area contributed by atoms with Crippen molar-refractivity contribution in [1.29, 1.82) is 0 Å². The summed E-state index contributed by atoms with van der Waals surface area (Å²) in [4.78, 5) is 37.7. The maximum Gasteiger partial charge on any atom is 0.255 e. The largest absolute Gasteiger partial charge is 0.378 e. The molecular weight excluding hydrogens is 569 g/mol. The van der Waals surface area contributed by atoms with Gasteiger partial charge in [-0.15, -0.1) is 0 Å². The maximum absolute atomic E-state index is 14.4. The second-order valence-corrected chi connectivity index (χ2v) is 18.8. The molecule has 0 unspecified atom stereocenters. The summed E-state index contributed by atoms with van der Waals surface area (Å²) in [6.45, 7) is 15.4. The number of nitrogens with one attached hydrogen (secondary N) is 1. The van der Waals surface area contributed by atoms with Crippen LogP contribution in [0.25, 0.3) is 33.5 Å². The molecule has 1 fully saturated rings. The quantitative estimate of drug-likeness (QED) is 0.222. The predicted octanol–water partition coefficient (Wildman–Crippen LogP) is 4.29. The van der Waals surface area contributed by atoms with E-state index >= 15 is 0 Å². The fourth-order valence-electron chi connectivity index (χ4n) is 4.88. The van der Waals surface area contributed by atoms with Gasteiger partial charge >= 0.3 is 0 Å². The summed E-state index contributed by atoms with van der Waals surface area (Å²) in [5.74, 6) is -0.844. The number of rotatable bonds is 9. The molecule has 2 amide bonds. The molecule has 0 saturated carbocycles. The lowest BCUT2D eigenvalue weighted by atomic mass is 10.1. The van der Waals surface area contributed by atoms with Gasteiger partial charge in [-0.3, -0.25) is 14.3 Å². The van der Waals surface area contributed by atoms with Gasteiger partial charge in [0.1, 0.15) is 36.0 Å². The van der Waals surface area contributed by atoms with Gasteiger partial charge in [0.2, 0.25) is 5.91 Å². The van der Waals surface area contributed by atoms with E-state index in [0.717, 1.165) is 6.04 Å². The van der Waals surface area contributed by atoms with Gasteiger partial charge in [-0.1, -0.05) is 19.6 Å². The summed E-state index contributed by atoms with van der Waals surface area (Å²) in [5.41, 5.74) is 2.14. The standard InChI is InChI=1S/C30H40FN7O4Si/c1-30(2,3)34-29(40)22-17-37(19-42-13-14-43(4,5)6)28-27(22)33-23(16-32-28)26-21-8-7-20(31)15-24(21)38(35-26)18-25(39)36-9-11-41-12-10-36/h7-8,15-17H,9-14,18-19H2,1-6H3,(H,34,40). The van der Waals surface area contributed by atoms with Gasteiger partial charge in [0.15, 0.2) is 5.65 Å². The minimum Gasteiger partial charge on any atom is -0.378 e. The molecule has 5 rings (SSSR count). The van der Waals surface area contributed by atoms with Crippen LogP contribution in [0.4, 0.5) is 4.39 Å². The molecule has 1 saturated heterocycles. The summed E-state index contributed by atoms with van der Waals surface area (Å²) >= 11 is 0. The number of hydrogen-bond donors (Lipinski definition) is 1. The molecule has 4 heterocycles. The number of nitrogens with zero attached hydrogens (tertiary/aromatic N) is 6. The summed E-state index contributed by atoms with van der Waals surface area (Å²) in [5, 5.41) is 8.34. The Morgan fingerprint density at radius 1 is 1.16 bits per heavy atom. The van der Waals surface area contributed by atoms with E-state index in [4.69, 9.17) is 19.6 Å². The number of morpholine rings is 1. The van der Waals surface area contributed by atoms with E-state index in [2.05, 4.69) is 29.9 Å². The van der Waals surface area contributed by atoms with E-state index in [-0.39, 0.29) is 25.1 Å². The van der Waals surface area contributed by atoms with Crippen molar-refractivity contribution in [2.45, 2.75) is 65.3 Å². The molecule has 1 aromatic carbocycles. The number of benzene rings is 1.